The summed E-state index contributed by atoms with van der Waals surface area (Å²) >= 11 is 1.59. The molecular weight excluding hydrogens is 344 g/mol. The van der Waals surface area contributed by atoms with Crippen molar-refractivity contribution in [2.24, 2.45) is 0 Å². The normalized spacial score (nSPS) is 15.3. The van der Waals surface area contributed by atoms with E-state index in [2.05, 4.69) is 33.9 Å². The van der Waals surface area contributed by atoms with Crippen molar-refractivity contribution in [1.29, 1.82) is 0 Å². The van der Waals surface area contributed by atoms with Crippen LogP contribution in [0.15, 0.2) is 29.9 Å². The molecule has 1 fully saturated rings. The Morgan fingerprint density at radius 1 is 1.15 bits per heavy atom. The summed E-state index contributed by atoms with van der Waals surface area (Å²) in [7, 11) is 4.12. The maximum Gasteiger partial charge on any atom is 0.228 e. The molecule has 26 heavy (non-hydrogen) atoms. The molecule has 3 rings (SSSR count). The minimum atomic E-state index is 0.213. The lowest BCUT2D eigenvalue weighted by molar-refractivity contribution is -0.133. The van der Waals surface area contributed by atoms with Gasteiger partial charge in [0.05, 0.1) is 12.1 Å². The van der Waals surface area contributed by atoms with E-state index in [1.54, 1.807) is 23.7 Å². The molecule has 0 spiro atoms. The van der Waals surface area contributed by atoms with Crippen molar-refractivity contribution in [3.8, 4) is 10.6 Å². The Morgan fingerprint density at radius 3 is 2.58 bits per heavy atom. The summed E-state index contributed by atoms with van der Waals surface area (Å²) in [4.78, 5) is 26.0. The molecule has 2 aromatic rings. The molecule has 0 atom stereocenters. The first-order valence-corrected chi connectivity index (χ1v) is 10.3. The van der Waals surface area contributed by atoms with Crippen LogP contribution in [0.4, 0.5) is 0 Å². The molecule has 0 aliphatic heterocycles. The summed E-state index contributed by atoms with van der Waals surface area (Å²) in [5.41, 5.74) is 1.93. The van der Waals surface area contributed by atoms with E-state index in [1.807, 2.05) is 17.5 Å². The SMILES string of the molecule is CN(C)CCN(C(=O)Cc1csc(-c2ccncc2)n1)C1CCCCC1. The molecule has 140 valence electrons. The predicted octanol–water partition coefficient (Wildman–Crippen LogP) is 3.47. The van der Waals surface area contributed by atoms with Crippen molar-refractivity contribution >= 4 is 17.2 Å². The van der Waals surface area contributed by atoms with Gasteiger partial charge >= 0.3 is 0 Å². The standard InChI is InChI=1S/C20H28N4OS/c1-23(2)12-13-24(18-6-4-3-5-7-18)19(25)14-17-15-26-20(22-17)16-8-10-21-11-9-16/h8-11,15,18H,3-7,12-14H2,1-2H3. The maximum atomic E-state index is 13.0. The van der Waals surface area contributed by atoms with Crippen LogP contribution in [0.2, 0.25) is 0 Å². The van der Waals surface area contributed by atoms with Crippen molar-refractivity contribution in [2.75, 3.05) is 27.2 Å². The summed E-state index contributed by atoms with van der Waals surface area (Å²) in [5.74, 6) is 0.213. The van der Waals surface area contributed by atoms with E-state index in [-0.39, 0.29) is 5.91 Å². The molecule has 6 heteroatoms. The second-order valence-electron chi connectivity index (χ2n) is 7.24. The third kappa shape index (κ3) is 5.11. The minimum absolute atomic E-state index is 0.213. The smallest absolute Gasteiger partial charge is 0.228 e. The van der Waals surface area contributed by atoms with Crippen LogP contribution < -0.4 is 0 Å². The number of likely N-dealkylation sites (N-methyl/N-ethyl adjacent to an activating group) is 1. The summed E-state index contributed by atoms with van der Waals surface area (Å²) in [6, 6.07) is 4.31. The molecule has 0 N–H and O–H groups in total. The van der Waals surface area contributed by atoms with E-state index in [0.29, 0.717) is 12.5 Å². The van der Waals surface area contributed by atoms with Crippen LogP contribution >= 0.6 is 11.3 Å². The summed E-state index contributed by atoms with van der Waals surface area (Å²) in [6.07, 6.45) is 9.98. The average Bonchev–Trinajstić information content (AvgIpc) is 3.12. The number of thiazole rings is 1. The van der Waals surface area contributed by atoms with Crippen LogP contribution in [-0.2, 0) is 11.2 Å². The third-order valence-corrected chi connectivity index (χ3v) is 5.88. The zero-order valence-corrected chi connectivity index (χ0v) is 16.5. The van der Waals surface area contributed by atoms with E-state index in [9.17, 15) is 4.79 Å². The molecule has 0 radical (unpaired) electrons. The maximum absolute atomic E-state index is 13.0. The highest BCUT2D eigenvalue weighted by atomic mass is 32.1. The van der Waals surface area contributed by atoms with Crippen molar-refractivity contribution in [2.45, 2.75) is 44.6 Å². The van der Waals surface area contributed by atoms with Gasteiger partial charge in [-0.25, -0.2) is 4.98 Å². The number of aromatic nitrogens is 2. The largest absolute Gasteiger partial charge is 0.338 e. The molecular formula is C20H28N4OS. The molecule has 1 saturated carbocycles. The van der Waals surface area contributed by atoms with E-state index < -0.39 is 0 Å². The lowest BCUT2D eigenvalue weighted by Crippen LogP contribution is -2.45. The van der Waals surface area contributed by atoms with Crippen LogP contribution in [0.5, 0.6) is 0 Å². The average molecular weight is 373 g/mol. The van der Waals surface area contributed by atoms with Gasteiger partial charge in [0.25, 0.3) is 0 Å². The number of carbonyl (C=O) groups excluding carboxylic acids is 1. The highest BCUT2D eigenvalue weighted by Gasteiger charge is 2.25. The summed E-state index contributed by atoms with van der Waals surface area (Å²) in [6.45, 7) is 1.71. The quantitative estimate of drug-likeness (QED) is 0.747. The lowest BCUT2D eigenvalue weighted by atomic mass is 9.94. The van der Waals surface area contributed by atoms with Crippen LogP contribution in [0.3, 0.4) is 0 Å². The zero-order chi connectivity index (χ0) is 18.4. The molecule has 0 bridgehead atoms. The molecule has 0 unspecified atom stereocenters. The van der Waals surface area contributed by atoms with Gasteiger partial charge in [0.15, 0.2) is 0 Å². The molecule has 1 amide bonds. The Hall–Kier alpha value is -1.79. The van der Waals surface area contributed by atoms with Crippen molar-refractivity contribution in [3.63, 3.8) is 0 Å². The Labute approximate surface area is 160 Å². The zero-order valence-electron chi connectivity index (χ0n) is 15.7. The third-order valence-electron chi connectivity index (χ3n) is 4.94. The molecule has 0 saturated heterocycles. The molecule has 2 heterocycles. The molecule has 2 aromatic heterocycles. The number of hydrogen-bond acceptors (Lipinski definition) is 5. The lowest BCUT2D eigenvalue weighted by Gasteiger charge is -2.35. The summed E-state index contributed by atoms with van der Waals surface area (Å²) < 4.78 is 0. The van der Waals surface area contributed by atoms with Crippen LogP contribution in [0.1, 0.15) is 37.8 Å². The highest BCUT2D eigenvalue weighted by Crippen LogP contribution is 2.25. The topological polar surface area (TPSA) is 49.3 Å². The minimum Gasteiger partial charge on any atom is -0.338 e. The Balaban J connectivity index is 1.67. The van der Waals surface area contributed by atoms with Gasteiger partial charge in [0, 0.05) is 42.5 Å². The van der Waals surface area contributed by atoms with Gasteiger partial charge in [-0.2, -0.15) is 0 Å². The molecule has 1 aliphatic carbocycles. The van der Waals surface area contributed by atoms with Gasteiger partial charge in [0.2, 0.25) is 5.91 Å². The Morgan fingerprint density at radius 2 is 1.88 bits per heavy atom. The van der Waals surface area contributed by atoms with Crippen molar-refractivity contribution in [3.05, 3.63) is 35.6 Å². The highest BCUT2D eigenvalue weighted by molar-refractivity contribution is 7.13. The van der Waals surface area contributed by atoms with Crippen LogP contribution in [0, 0.1) is 0 Å². The van der Waals surface area contributed by atoms with Gasteiger partial charge in [-0.15, -0.1) is 11.3 Å². The number of hydrogen-bond donors (Lipinski definition) is 0. The monoisotopic (exact) mass is 372 g/mol. The van der Waals surface area contributed by atoms with E-state index >= 15 is 0 Å². The number of nitrogens with zero attached hydrogens (tertiary/aromatic N) is 4. The second-order valence-corrected chi connectivity index (χ2v) is 8.10. The van der Waals surface area contributed by atoms with Crippen LogP contribution in [-0.4, -0.2) is 58.9 Å². The predicted molar refractivity (Wildman–Crippen MR) is 106 cm³/mol. The molecule has 1 aliphatic rings. The first-order valence-electron chi connectivity index (χ1n) is 9.42. The molecule has 5 nitrogen and oxygen atoms in total. The second kappa shape index (κ2) is 9.24. The fourth-order valence-electron chi connectivity index (χ4n) is 3.48. The van der Waals surface area contributed by atoms with Gasteiger partial charge in [-0.05, 0) is 39.1 Å². The van der Waals surface area contributed by atoms with Gasteiger partial charge < -0.3 is 9.80 Å². The number of rotatable bonds is 7. The van der Waals surface area contributed by atoms with Crippen molar-refractivity contribution < 1.29 is 4.79 Å². The fourth-order valence-corrected chi connectivity index (χ4v) is 4.31. The first-order chi connectivity index (χ1) is 12.6. The van der Waals surface area contributed by atoms with Crippen LogP contribution in [0.25, 0.3) is 10.6 Å². The summed E-state index contributed by atoms with van der Waals surface area (Å²) in [5, 5.41) is 2.96. The number of pyridine rings is 1. The van der Waals surface area contributed by atoms with Gasteiger partial charge in [0.1, 0.15) is 5.01 Å². The van der Waals surface area contributed by atoms with E-state index in [4.69, 9.17) is 0 Å². The van der Waals surface area contributed by atoms with Gasteiger partial charge in [-0.1, -0.05) is 19.3 Å². The van der Waals surface area contributed by atoms with Gasteiger partial charge in [-0.3, -0.25) is 9.78 Å². The molecule has 0 aromatic carbocycles. The Kier molecular flexibility index (Phi) is 6.74. The van der Waals surface area contributed by atoms with E-state index in [1.165, 1.54) is 19.3 Å². The van der Waals surface area contributed by atoms with Crippen molar-refractivity contribution in [1.82, 2.24) is 19.8 Å². The fraction of sp³-hybridized carbons (Fsp3) is 0.550. The first kappa shape index (κ1) is 19.0. The number of amides is 1. The number of carbonyl (C=O) groups is 1. The Bertz CT molecular complexity index is 695. The van der Waals surface area contributed by atoms with E-state index in [0.717, 1.165) is 42.2 Å².